The maximum atomic E-state index is 14.2. The van der Waals surface area contributed by atoms with Crippen molar-refractivity contribution in [3.8, 4) is 0 Å². The molecule has 0 fully saturated rings. The summed E-state index contributed by atoms with van der Waals surface area (Å²) in [6.45, 7) is 6.01. The first-order chi connectivity index (χ1) is 15.3. The molecule has 1 aromatic carbocycles. The number of H-pyrrole nitrogens is 1. The first-order valence-electron chi connectivity index (χ1n) is 10.7. The standard InChI is InChI=1S/C24H30FN5O2/c1-15(2)30(4)16(3)23(31)29-21(12-18-7-5-6-8-20(18)25)24(32)28-14-17-11-19-9-10-26-22(19)27-13-17/h5-11,13,15-16,21H,12,14H2,1-4H3,(H,26,27)(H,28,32)(H,29,31)/t16?,21-/m0/s1. The Morgan fingerprint density at radius 2 is 1.91 bits per heavy atom. The smallest absolute Gasteiger partial charge is 0.243 e. The highest BCUT2D eigenvalue weighted by atomic mass is 19.1. The molecule has 8 heteroatoms. The fraction of sp³-hybridized carbons (Fsp3) is 0.375. The maximum absolute atomic E-state index is 14.2. The number of nitrogens with one attached hydrogen (secondary N) is 3. The molecule has 0 spiro atoms. The number of benzene rings is 1. The Morgan fingerprint density at radius 1 is 1.16 bits per heavy atom. The molecule has 0 radical (unpaired) electrons. The first kappa shape index (κ1) is 23.4. The summed E-state index contributed by atoms with van der Waals surface area (Å²) < 4.78 is 14.2. The number of hydrogen-bond acceptors (Lipinski definition) is 4. The summed E-state index contributed by atoms with van der Waals surface area (Å²) in [4.78, 5) is 35.1. The average Bonchev–Trinajstić information content (AvgIpc) is 3.25. The molecule has 3 rings (SSSR count). The molecule has 0 bridgehead atoms. The molecular weight excluding hydrogens is 409 g/mol. The molecule has 1 unspecified atom stereocenters. The summed E-state index contributed by atoms with van der Waals surface area (Å²) in [5.74, 6) is -1.07. The highest BCUT2D eigenvalue weighted by Crippen LogP contribution is 2.13. The summed E-state index contributed by atoms with van der Waals surface area (Å²) in [5, 5.41) is 6.60. The fourth-order valence-corrected chi connectivity index (χ4v) is 3.41. The van der Waals surface area contributed by atoms with Gasteiger partial charge in [-0.3, -0.25) is 14.5 Å². The lowest BCUT2D eigenvalue weighted by Crippen LogP contribution is -2.53. The number of aromatic nitrogens is 2. The third-order valence-electron chi connectivity index (χ3n) is 5.74. The number of amides is 2. The Kier molecular flexibility index (Phi) is 7.58. The van der Waals surface area contributed by atoms with Crippen molar-refractivity contribution in [2.45, 2.75) is 51.9 Å². The van der Waals surface area contributed by atoms with Crippen molar-refractivity contribution in [1.29, 1.82) is 0 Å². The number of halogens is 1. The summed E-state index contributed by atoms with van der Waals surface area (Å²) >= 11 is 0. The van der Waals surface area contributed by atoms with E-state index in [4.69, 9.17) is 0 Å². The molecule has 0 aliphatic carbocycles. The summed E-state index contributed by atoms with van der Waals surface area (Å²) in [7, 11) is 1.85. The lowest BCUT2D eigenvalue weighted by Gasteiger charge is -2.29. The highest BCUT2D eigenvalue weighted by molar-refractivity contribution is 5.90. The van der Waals surface area contributed by atoms with Crippen LogP contribution in [0.4, 0.5) is 4.39 Å². The zero-order valence-corrected chi connectivity index (χ0v) is 18.9. The van der Waals surface area contributed by atoms with Crippen LogP contribution in [0.3, 0.4) is 0 Å². The number of pyridine rings is 1. The van der Waals surface area contributed by atoms with E-state index in [2.05, 4.69) is 20.6 Å². The largest absolute Gasteiger partial charge is 0.350 e. The van der Waals surface area contributed by atoms with E-state index in [0.29, 0.717) is 5.56 Å². The summed E-state index contributed by atoms with van der Waals surface area (Å²) in [6.07, 6.45) is 3.54. The van der Waals surface area contributed by atoms with Gasteiger partial charge in [0.1, 0.15) is 17.5 Å². The average molecular weight is 440 g/mol. The number of nitrogens with zero attached hydrogens (tertiary/aromatic N) is 2. The third-order valence-corrected chi connectivity index (χ3v) is 5.74. The van der Waals surface area contributed by atoms with E-state index in [1.54, 1.807) is 37.5 Å². The number of aromatic amines is 1. The van der Waals surface area contributed by atoms with Crippen LogP contribution < -0.4 is 10.6 Å². The van der Waals surface area contributed by atoms with Crippen molar-refractivity contribution in [3.63, 3.8) is 0 Å². The molecule has 0 saturated heterocycles. The lowest BCUT2D eigenvalue weighted by molar-refractivity contribution is -0.131. The van der Waals surface area contributed by atoms with E-state index in [1.807, 2.05) is 37.9 Å². The fourth-order valence-electron chi connectivity index (χ4n) is 3.41. The molecular formula is C24H30FN5O2. The van der Waals surface area contributed by atoms with Gasteiger partial charge >= 0.3 is 0 Å². The molecule has 2 amide bonds. The van der Waals surface area contributed by atoms with Crippen molar-refractivity contribution < 1.29 is 14.0 Å². The van der Waals surface area contributed by atoms with E-state index in [1.165, 1.54) is 6.07 Å². The molecule has 170 valence electrons. The van der Waals surface area contributed by atoms with Gasteiger partial charge in [-0.15, -0.1) is 0 Å². The maximum Gasteiger partial charge on any atom is 0.243 e. The van der Waals surface area contributed by atoms with E-state index >= 15 is 0 Å². The van der Waals surface area contributed by atoms with Crippen LogP contribution in [-0.2, 0) is 22.6 Å². The molecule has 3 aromatic rings. The van der Waals surface area contributed by atoms with Crippen LogP contribution in [0.25, 0.3) is 11.0 Å². The Hall–Kier alpha value is -3.26. The van der Waals surface area contributed by atoms with Crippen molar-refractivity contribution in [3.05, 3.63) is 65.7 Å². The van der Waals surface area contributed by atoms with Crippen molar-refractivity contribution in [2.24, 2.45) is 0 Å². The minimum atomic E-state index is -0.911. The Bertz CT molecular complexity index is 1080. The molecule has 2 heterocycles. The second-order valence-corrected chi connectivity index (χ2v) is 8.27. The molecule has 2 aromatic heterocycles. The minimum absolute atomic E-state index is 0.0530. The highest BCUT2D eigenvalue weighted by Gasteiger charge is 2.27. The van der Waals surface area contributed by atoms with Crippen LogP contribution in [0, 0.1) is 5.82 Å². The van der Waals surface area contributed by atoms with Crippen LogP contribution in [-0.4, -0.2) is 51.9 Å². The zero-order valence-electron chi connectivity index (χ0n) is 18.9. The molecule has 2 atom stereocenters. The third kappa shape index (κ3) is 5.70. The van der Waals surface area contributed by atoms with Gasteiger partial charge in [-0.25, -0.2) is 9.37 Å². The van der Waals surface area contributed by atoms with Gasteiger partial charge in [0.2, 0.25) is 11.8 Å². The van der Waals surface area contributed by atoms with Gasteiger partial charge < -0.3 is 15.6 Å². The second kappa shape index (κ2) is 10.4. The Morgan fingerprint density at radius 3 is 2.62 bits per heavy atom. The van der Waals surface area contributed by atoms with Gasteiger partial charge in [-0.1, -0.05) is 18.2 Å². The molecule has 3 N–H and O–H groups in total. The van der Waals surface area contributed by atoms with Gasteiger partial charge in [-0.2, -0.15) is 0 Å². The van der Waals surface area contributed by atoms with Crippen LogP contribution in [0.15, 0.2) is 48.8 Å². The van der Waals surface area contributed by atoms with E-state index in [9.17, 15) is 14.0 Å². The van der Waals surface area contributed by atoms with Crippen LogP contribution in [0.2, 0.25) is 0 Å². The van der Waals surface area contributed by atoms with Crippen molar-refractivity contribution in [2.75, 3.05) is 7.05 Å². The number of carbonyl (C=O) groups is 2. The lowest BCUT2D eigenvalue weighted by atomic mass is 10.0. The predicted octanol–water partition coefficient (Wildman–Crippen LogP) is 2.77. The minimum Gasteiger partial charge on any atom is -0.350 e. The molecule has 0 aliphatic rings. The molecule has 0 aliphatic heterocycles. The molecule has 32 heavy (non-hydrogen) atoms. The number of fused-ring (bicyclic) bond motifs is 1. The molecule has 7 nitrogen and oxygen atoms in total. The van der Waals surface area contributed by atoms with Crippen LogP contribution in [0.5, 0.6) is 0 Å². The predicted molar refractivity (Wildman–Crippen MR) is 122 cm³/mol. The van der Waals surface area contributed by atoms with E-state index < -0.39 is 17.9 Å². The summed E-state index contributed by atoms with van der Waals surface area (Å²) in [6, 6.07) is 8.92. The van der Waals surface area contributed by atoms with E-state index in [0.717, 1.165) is 16.6 Å². The normalized spacial score (nSPS) is 13.3. The Labute approximate surface area is 187 Å². The van der Waals surface area contributed by atoms with Crippen LogP contribution >= 0.6 is 0 Å². The van der Waals surface area contributed by atoms with Gasteiger partial charge in [0.05, 0.1) is 6.04 Å². The van der Waals surface area contributed by atoms with Gasteiger partial charge in [-0.05, 0) is 57.1 Å². The topological polar surface area (TPSA) is 90.1 Å². The number of rotatable bonds is 9. The SMILES string of the molecule is CC(C)N(C)C(C)C(=O)N[C@@H](Cc1ccccc1F)C(=O)NCc1cnc2[nH]ccc2c1. The van der Waals surface area contributed by atoms with Gasteiger partial charge in [0.25, 0.3) is 0 Å². The zero-order chi connectivity index (χ0) is 23.3. The van der Waals surface area contributed by atoms with Crippen molar-refractivity contribution >= 4 is 22.8 Å². The van der Waals surface area contributed by atoms with Gasteiger partial charge in [0.15, 0.2) is 0 Å². The van der Waals surface area contributed by atoms with E-state index in [-0.39, 0.29) is 30.8 Å². The number of hydrogen-bond donors (Lipinski definition) is 3. The summed E-state index contributed by atoms with van der Waals surface area (Å²) in [5.41, 5.74) is 1.97. The quantitative estimate of drug-likeness (QED) is 0.478. The van der Waals surface area contributed by atoms with Gasteiger partial charge in [0, 0.05) is 36.8 Å². The number of likely N-dealkylation sites (N-methyl/N-ethyl adjacent to an activating group) is 1. The second-order valence-electron chi connectivity index (χ2n) is 8.27. The monoisotopic (exact) mass is 439 g/mol. The number of carbonyl (C=O) groups excluding carboxylic acids is 2. The van der Waals surface area contributed by atoms with Crippen molar-refractivity contribution in [1.82, 2.24) is 25.5 Å². The Balaban J connectivity index is 1.73. The first-order valence-corrected chi connectivity index (χ1v) is 10.7. The molecule has 0 saturated carbocycles. The van der Waals surface area contributed by atoms with Crippen LogP contribution in [0.1, 0.15) is 31.9 Å².